The zero-order valence-corrected chi connectivity index (χ0v) is 12.0. The molecule has 18 heavy (non-hydrogen) atoms. The number of hydrogen-bond acceptors (Lipinski definition) is 4. The Morgan fingerprint density at radius 1 is 1.39 bits per heavy atom. The molecule has 0 radical (unpaired) electrons. The Bertz CT molecular complexity index is 277. The second-order valence-corrected chi connectivity index (χ2v) is 5.33. The van der Waals surface area contributed by atoms with Crippen LogP contribution >= 0.6 is 11.3 Å². The van der Waals surface area contributed by atoms with Crippen LogP contribution in [-0.2, 0) is 11.3 Å². The van der Waals surface area contributed by atoms with Gasteiger partial charge < -0.3 is 15.2 Å². The molecule has 1 unspecified atom stereocenters. The Hall–Kier alpha value is -0.420. The third-order valence-corrected chi connectivity index (χ3v) is 3.47. The molecule has 1 rings (SSSR count). The van der Waals surface area contributed by atoms with E-state index in [0.29, 0.717) is 13.2 Å². The van der Waals surface area contributed by atoms with E-state index in [4.69, 9.17) is 4.74 Å². The number of aliphatic hydroxyl groups is 1. The summed E-state index contributed by atoms with van der Waals surface area (Å²) in [6.45, 7) is 4.80. The van der Waals surface area contributed by atoms with Gasteiger partial charge in [0.25, 0.3) is 0 Å². The van der Waals surface area contributed by atoms with Gasteiger partial charge in [0.05, 0.1) is 12.7 Å². The van der Waals surface area contributed by atoms with E-state index in [1.165, 1.54) is 24.8 Å². The highest BCUT2D eigenvalue weighted by atomic mass is 32.1. The zero-order chi connectivity index (χ0) is 13.1. The standard InChI is InChI=1S/C14H25NO2S/c1-2-3-4-5-7-17-11-14(16)10-15-9-13-6-8-18-12-13/h6,8,12,14-16H,2-5,7,9-11H2,1H3. The van der Waals surface area contributed by atoms with Crippen molar-refractivity contribution in [1.29, 1.82) is 0 Å². The maximum atomic E-state index is 9.70. The van der Waals surface area contributed by atoms with Crippen molar-refractivity contribution in [2.75, 3.05) is 19.8 Å². The molecule has 0 bridgehead atoms. The van der Waals surface area contributed by atoms with Crippen LogP contribution in [0.5, 0.6) is 0 Å². The fraction of sp³-hybridized carbons (Fsp3) is 0.714. The smallest absolute Gasteiger partial charge is 0.0897 e. The first kappa shape index (κ1) is 15.6. The summed E-state index contributed by atoms with van der Waals surface area (Å²) >= 11 is 1.69. The molecule has 2 N–H and O–H groups in total. The molecule has 1 heterocycles. The first-order valence-corrected chi connectivity index (χ1v) is 7.74. The normalized spacial score (nSPS) is 12.8. The quantitative estimate of drug-likeness (QED) is 0.608. The fourth-order valence-electron chi connectivity index (χ4n) is 1.69. The topological polar surface area (TPSA) is 41.5 Å². The van der Waals surface area contributed by atoms with Crippen molar-refractivity contribution < 1.29 is 9.84 Å². The Balaban J connectivity index is 1.89. The lowest BCUT2D eigenvalue weighted by atomic mass is 10.2. The van der Waals surface area contributed by atoms with Gasteiger partial charge in [-0.15, -0.1) is 0 Å². The highest BCUT2D eigenvalue weighted by Gasteiger charge is 2.03. The molecule has 4 heteroatoms. The van der Waals surface area contributed by atoms with E-state index in [9.17, 15) is 5.11 Å². The molecule has 1 aromatic rings. The van der Waals surface area contributed by atoms with E-state index < -0.39 is 6.10 Å². The van der Waals surface area contributed by atoms with Crippen molar-refractivity contribution in [3.63, 3.8) is 0 Å². The van der Waals surface area contributed by atoms with Crippen LogP contribution in [0.3, 0.4) is 0 Å². The lowest BCUT2D eigenvalue weighted by molar-refractivity contribution is 0.0353. The summed E-state index contributed by atoms with van der Waals surface area (Å²) in [6.07, 6.45) is 4.43. The van der Waals surface area contributed by atoms with Crippen molar-refractivity contribution in [2.24, 2.45) is 0 Å². The largest absolute Gasteiger partial charge is 0.389 e. The van der Waals surface area contributed by atoms with Crippen LogP contribution in [0.4, 0.5) is 0 Å². The van der Waals surface area contributed by atoms with Gasteiger partial charge in [-0.25, -0.2) is 0 Å². The molecular formula is C14H25NO2S. The van der Waals surface area contributed by atoms with E-state index in [-0.39, 0.29) is 0 Å². The average molecular weight is 271 g/mol. The highest BCUT2D eigenvalue weighted by Crippen LogP contribution is 2.04. The van der Waals surface area contributed by atoms with Crippen molar-refractivity contribution in [3.05, 3.63) is 22.4 Å². The Morgan fingerprint density at radius 2 is 2.28 bits per heavy atom. The molecule has 0 fully saturated rings. The highest BCUT2D eigenvalue weighted by molar-refractivity contribution is 7.07. The predicted octanol–water partition coefficient (Wildman–Crippen LogP) is 2.80. The molecular weight excluding hydrogens is 246 g/mol. The van der Waals surface area contributed by atoms with Gasteiger partial charge >= 0.3 is 0 Å². The molecule has 0 amide bonds. The van der Waals surface area contributed by atoms with Crippen LogP contribution < -0.4 is 5.32 Å². The van der Waals surface area contributed by atoms with Gasteiger partial charge in [-0.1, -0.05) is 26.2 Å². The molecule has 3 nitrogen and oxygen atoms in total. The lowest BCUT2D eigenvalue weighted by Gasteiger charge is -2.12. The molecule has 0 spiro atoms. The number of aliphatic hydroxyl groups excluding tert-OH is 1. The summed E-state index contributed by atoms with van der Waals surface area (Å²) in [4.78, 5) is 0. The minimum absolute atomic E-state index is 0.408. The molecule has 0 aromatic carbocycles. The molecule has 0 saturated heterocycles. The lowest BCUT2D eigenvalue weighted by Crippen LogP contribution is -2.30. The second kappa shape index (κ2) is 10.5. The van der Waals surface area contributed by atoms with E-state index in [1.54, 1.807) is 11.3 Å². The number of hydrogen-bond donors (Lipinski definition) is 2. The summed E-state index contributed by atoms with van der Waals surface area (Å²) < 4.78 is 5.44. The summed E-state index contributed by atoms with van der Waals surface area (Å²) in [5.74, 6) is 0. The molecule has 0 aliphatic rings. The van der Waals surface area contributed by atoms with Crippen molar-refractivity contribution in [3.8, 4) is 0 Å². The van der Waals surface area contributed by atoms with Gasteiger partial charge in [0, 0.05) is 19.7 Å². The van der Waals surface area contributed by atoms with E-state index >= 15 is 0 Å². The molecule has 104 valence electrons. The van der Waals surface area contributed by atoms with E-state index in [2.05, 4.69) is 29.1 Å². The maximum absolute atomic E-state index is 9.70. The van der Waals surface area contributed by atoms with Crippen LogP contribution in [0.2, 0.25) is 0 Å². The average Bonchev–Trinajstić information content (AvgIpc) is 2.87. The Kier molecular flexibility index (Phi) is 9.12. The number of ether oxygens (including phenoxy) is 1. The summed E-state index contributed by atoms with van der Waals surface area (Å²) in [7, 11) is 0. The first-order chi connectivity index (χ1) is 8.83. The SMILES string of the molecule is CCCCCCOCC(O)CNCc1ccsc1. The van der Waals surface area contributed by atoms with Gasteiger partial charge in [0.15, 0.2) is 0 Å². The van der Waals surface area contributed by atoms with Gasteiger partial charge in [0.1, 0.15) is 0 Å². The molecule has 0 aliphatic carbocycles. The molecule has 0 aliphatic heterocycles. The predicted molar refractivity (Wildman–Crippen MR) is 77.0 cm³/mol. The summed E-state index contributed by atoms with van der Waals surface area (Å²) in [5, 5.41) is 17.1. The Labute approximate surface area is 114 Å². The van der Waals surface area contributed by atoms with Crippen LogP contribution in [-0.4, -0.2) is 31.0 Å². The first-order valence-electron chi connectivity index (χ1n) is 6.80. The summed E-state index contributed by atoms with van der Waals surface area (Å²) in [6, 6.07) is 2.09. The summed E-state index contributed by atoms with van der Waals surface area (Å²) in [5.41, 5.74) is 1.27. The third-order valence-electron chi connectivity index (χ3n) is 2.74. The second-order valence-electron chi connectivity index (χ2n) is 4.55. The maximum Gasteiger partial charge on any atom is 0.0897 e. The van der Waals surface area contributed by atoms with Gasteiger partial charge in [-0.05, 0) is 28.8 Å². The molecule has 0 saturated carbocycles. The minimum Gasteiger partial charge on any atom is -0.389 e. The van der Waals surface area contributed by atoms with Gasteiger partial charge in [-0.2, -0.15) is 11.3 Å². The van der Waals surface area contributed by atoms with Gasteiger partial charge in [-0.3, -0.25) is 0 Å². The van der Waals surface area contributed by atoms with Crippen LogP contribution in [0.15, 0.2) is 16.8 Å². The van der Waals surface area contributed by atoms with Crippen molar-refractivity contribution >= 4 is 11.3 Å². The van der Waals surface area contributed by atoms with Crippen LogP contribution in [0, 0.1) is 0 Å². The zero-order valence-electron chi connectivity index (χ0n) is 11.2. The van der Waals surface area contributed by atoms with E-state index in [0.717, 1.165) is 19.6 Å². The molecule has 1 aromatic heterocycles. The monoisotopic (exact) mass is 271 g/mol. The van der Waals surface area contributed by atoms with Crippen LogP contribution in [0.25, 0.3) is 0 Å². The molecule has 1 atom stereocenters. The van der Waals surface area contributed by atoms with E-state index in [1.807, 2.05) is 0 Å². The number of rotatable bonds is 11. The third kappa shape index (κ3) is 7.82. The van der Waals surface area contributed by atoms with Gasteiger partial charge in [0.2, 0.25) is 0 Å². The fourth-order valence-corrected chi connectivity index (χ4v) is 2.35. The Morgan fingerprint density at radius 3 is 3.00 bits per heavy atom. The number of unbranched alkanes of at least 4 members (excludes halogenated alkanes) is 3. The number of thiophene rings is 1. The number of nitrogens with one attached hydrogen (secondary N) is 1. The minimum atomic E-state index is -0.408. The van der Waals surface area contributed by atoms with Crippen molar-refractivity contribution in [1.82, 2.24) is 5.32 Å². The van der Waals surface area contributed by atoms with Crippen LogP contribution in [0.1, 0.15) is 38.2 Å². The van der Waals surface area contributed by atoms with Crippen molar-refractivity contribution in [2.45, 2.75) is 45.3 Å².